The summed E-state index contributed by atoms with van der Waals surface area (Å²) in [6.07, 6.45) is -2.59. The molecule has 34 heavy (non-hydrogen) atoms. The molecule has 2 atom stereocenters. The maximum absolute atomic E-state index is 12.3. The van der Waals surface area contributed by atoms with Crippen LogP contribution >= 0.6 is 0 Å². The molecule has 0 radical (unpaired) electrons. The van der Waals surface area contributed by atoms with Crippen LogP contribution in [0.15, 0.2) is 66.7 Å². The van der Waals surface area contributed by atoms with Crippen LogP contribution in [0.1, 0.15) is 60.5 Å². The SMILES string of the molecule is CC(C)c1ccc(N)c(C(O)C(O)CCNC(=O)OCC2c3ccccc3-c3ccccc32)c1. The minimum atomic E-state index is -1.14. The van der Waals surface area contributed by atoms with Gasteiger partial charge in [-0.15, -0.1) is 0 Å². The predicted molar refractivity (Wildman–Crippen MR) is 134 cm³/mol. The number of nitrogen functional groups attached to an aromatic ring is 1. The topological polar surface area (TPSA) is 105 Å². The van der Waals surface area contributed by atoms with Gasteiger partial charge in [0.25, 0.3) is 0 Å². The average molecular weight is 461 g/mol. The van der Waals surface area contributed by atoms with Crippen LogP contribution in [0, 0.1) is 0 Å². The Morgan fingerprint density at radius 2 is 1.62 bits per heavy atom. The number of carbonyl (C=O) groups is 1. The minimum Gasteiger partial charge on any atom is -0.449 e. The van der Waals surface area contributed by atoms with Crippen molar-refractivity contribution in [2.75, 3.05) is 18.9 Å². The highest BCUT2D eigenvalue weighted by Crippen LogP contribution is 2.44. The summed E-state index contributed by atoms with van der Waals surface area (Å²) in [5, 5.41) is 23.7. The molecule has 5 N–H and O–H groups in total. The van der Waals surface area contributed by atoms with Gasteiger partial charge in [0, 0.05) is 23.7 Å². The number of fused-ring (bicyclic) bond motifs is 3. The maximum atomic E-state index is 12.3. The lowest BCUT2D eigenvalue weighted by Gasteiger charge is -2.21. The molecule has 3 aromatic rings. The molecule has 6 heteroatoms. The number of alkyl carbamates (subject to hydrolysis) is 1. The third kappa shape index (κ3) is 4.93. The number of ether oxygens (including phenoxy) is 1. The van der Waals surface area contributed by atoms with Crippen LogP contribution in [0.3, 0.4) is 0 Å². The first-order chi connectivity index (χ1) is 16.4. The largest absolute Gasteiger partial charge is 0.449 e. The van der Waals surface area contributed by atoms with Crippen LogP contribution in [0.25, 0.3) is 11.1 Å². The van der Waals surface area contributed by atoms with Gasteiger partial charge in [0.2, 0.25) is 0 Å². The Bertz CT molecular complexity index is 1120. The first kappa shape index (κ1) is 23.8. The van der Waals surface area contributed by atoms with Crippen molar-refractivity contribution in [2.45, 2.75) is 44.3 Å². The van der Waals surface area contributed by atoms with Crippen molar-refractivity contribution in [3.8, 4) is 11.1 Å². The van der Waals surface area contributed by atoms with Crippen molar-refractivity contribution in [1.29, 1.82) is 0 Å². The van der Waals surface area contributed by atoms with Crippen LogP contribution in [-0.4, -0.2) is 35.6 Å². The normalized spacial score (nSPS) is 14.4. The Labute approximate surface area is 200 Å². The van der Waals surface area contributed by atoms with Gasteiger partial charge in [0.05, 0.1) is 6.10 Å². The molecule has 1 aliphatic carbocycles. The van der Waals surface area contributed by atoms with Gasteiger partial charge >= 0.3 is 6.09 Å². The lowest BCUT2D eigenvalue weighted by Crippen LogP contribution is -2.31. The summed E-state index contributed by atoms with van der Waals surface area (Å²) in [7, 11) is 0. The number of anilines is 1. The summed E-state index contributed by atoms with van der Waals surface area (Å²) in [6.45, 7) is 4.50. The van der Waals surface area contributed by atoms with Crippen molar-refractivity contribution in [2.24, 2.45) is 0 Å². The molecule has 0 aliphatic heterocycles. The van der Waals surface area contributed by atoms with Gasteiger partial charge in [0.1, 0.15) is 12.7 Å². The number of hydrogen-bond donors (Lipinski definition) is 4. The number of amides is 1. The Balaban J connectivity index is 1.29. The number of hydrogen-bond acceptors (Lipinski definition) is 5. The molecule has 0 heterocycles. The molecule has 0 spiro atoms. The third-order valence-electron chi connectivity index (χ3n) is 6.51. The van der Waals surface area contributed by atoms with Crippen molar-refractivity contribution in [3.63, 3.8) is 0 Å². The highest BCUT2D eigenvalue weighted by Gasteiger charge is 2.29. The van der Waals surface area contributed by atoms with E-state index in [4.69, 9.17) is 10.5 Å². The van der Waals surface area contributed by atoms with E-state index in [0.29, 0.717) is 11.3 Å². The van der Waals surface area contributed by atoms with Crippen molar-refractivity contribution in [3.05, 3.63) is 89.0 Å². The average Bonchev–Trinajstić information content (AvgIpc) is 3.16. The van der Waals surface area contributed by atoms with Crippen LogP contribution in [0.2, 0.25) is 0 Å². The molecule has 6 nitrogen and oxygen atoms in total. The minimum absolute atomic E-state index is 0.0122. The summed E-state index contributed by atoms with van der Waals surface area (Å²) >= 11 is 0. The fourth-order valence-corrected chi connectivity index (χ4v) is 4.55. The van der Waals surface area contributed by atoms with Gasteiger partial charge in [-0.1, -0.05) is 74.5 Å². The molecular weight excluding hydrogens is 428 g/mol. The zero-order chi connectivity index (χ0) is 24.2. The highest BCUT2D eigenvalue weighted by atomic mass is 16.5. The van der Waals surface area contributed by atoms with E-state index in [1.807, 2.05) is 36.4 Å². The summed E-state index contributed by atoms with van der Waals surface area (Å²) in [6, 6.07) is 21.8. The molecule has 4 rings (SSSR count). The highest BCUT2D eigenvalue weighted by molar-refractivity contribution is 5.79. The summed E-state index contributed by atoms with van der Waals surface area (Å²) in [4.78, 5) is 12.3. The molecule has 0 bridgehead atoms. The van der Waals surface area contributed by atoms with Gasteiger partial charge in [-0.3, -0.25) is 0 Å². The molecule has 3 aromatic carbocycles. The monoisotopic (exact) mass is 460 g/mol. The number of carbonyl (C=O) groups excluding carboxylic acids is 1. The second-order valence-electron chi connectivity index (χ2n) is 9.10. The van der Waals surface area contributed by atoms with E-state index in [1.54, 1.807) is 6.07 Å². The lowest BCUT2D eigenvalue weighted by atomic mass is 9.94. The molecule has 0 saturated carbocycles. The van der Waals surface area contributed by atoms with E-state index >= 15 is 0 Å². The molecule has 0 fully saturated rings. The number of nitrogens with one attached hydrogen (secondary N) is 1. The molecule has 1 amide bonds. The van der Waals surface area contributed by atoms with Crippen LogP contribution in [0.4, 0.5) is 10.5 Å². The van der Waals surface area contributed by atoms with Crippen LogP contribution < -0.4 is 11.1 Å². The van der Waals surface area contributed by atoms with Gasteiger partial charge in [-0.05, 0) is 46.2 Å². The molecule has 0 saturated heterocycles. The van der Waals surface area contributed by atoms with Crippen molar-refractivity contribution < 1.29 is 19.7 Å². The third-order valence-corrected chi connectivity index (χ3v) is 6.51. The number of aliphatic hydroxyl groups excluding tert-OH is 2. The van der Waals surface area contributed by atoms with E-state index in [2.05, 4.69) is 43.4 Å². The number of aliphatic hydroxyl groups is 2. The van der Waals surface area contributed by atoms with E-state index in [0.717, 1.165) is 16.7 Å². The van der Waals surface area contributed by atoms with Gasteiger partial charge < -0.3 is 26.0 Å². The summed E-state index contributed by atoms with van der Waals surface area (Å²) in [5.41, 5.74) is 12.6. The van der Waals surface area contributed by atoms with Gasteiger partial charge in [-0.2, -0.15) is 0 Å². The summed E-state index contributed by atoms with van der Waals surface area (Å²) in [5.74, 6) is 0.265. The van der Waals surface area contributed by atoms with Crippen LogP contribution in [0.5, 0.6) is 0 Å². The molecule has 1 aliphatic rings. The second kappa shape index (κ2) is 10.3. The smallest absolute Gasteiger partial charge is 0.407 e. The number of rotatable bonds is 8. The Morgan fingerprint density at radius 1 is 1.00 bits per heavy atom. The summed E-state index contributed by atoms with van der Waals surface area (Å²) < 4.78 is 5.51. The Kier molecular flexibility index (Phi) is 7.20. The fraction of sp³-hybridized carbons (Fsp3) is 0.321. The Hall–Kier alpha value is -3.35. The van der Waals surface area contributed by atoms with Gasteiger partial charge in [-0.25, -0.2) is 4.79 Å². The molecule has 0 aromatic heterocycles. The first-order valence-corrected chi connectivity index (χ1v) is 11.7. The van der Waals surface area contributed by atoms with Gasteiger partial charge in [0.15, 0.2) is 0 Å². The Morgan fingerprint density at radius 3 is 2.24 bits per heavy atom. The number of nitrogens with two attached hydrogens (primary N) is 1. The quantitative estimate of drug-likeness (QED) is 0.364. The van der Waals surface area contributed by atoms with E-state index in [9.17, 15) is 15.0 Å². The zero-order valence-electron chi connectivity index (χ0n) is 19.6. The molecule has 2 unspecified atom stereocenters. The second-order valence-corrected chi connectivity index (χ2v) is 9.10. The maximum Gasteiger partial charge on any atom is 0.407 e. The van der Waals surface area contributed by atoms with Crippen LogP contribution in [-0.2, 0) is 4.74 Å². The van der Waals surface area contributed by atoms with E-state index < -0.39 is 18.3 Å². The van der Waals surface area contributed by atoms with Crippen molar-refractivity contribution in [1.82, 2.24) is 5.32 Å². The van der Waals surface area contributed by atoms with E-state index in [-0.39, 0.29) is 31.4 Å². The zero-order valence-corrected chi connectivity index (χ0v) is 19.6. The molecular formula is C28H32N2O4. The number of benzene rings is 3. The molecule has 178 valence electrons. The predicted octanol–water partition coefficient (Wildman–Crippen LogP) is 4.72. The first-order valence-electron chi connectivity index (χ1n) is 11.7. The lowest BCUT2D eigenvalue weighted by molar-refractivity contribution is 0.0140. The van der Waals surface area contributed by atoms with Crippen molar-refractivity contribution >= 4 is 11.8 Å². The standard InChI is InChI=1S/C28H32N2O4/c1-17(2)18-11-12-25(29)23(15-18)27(32)26(31)13-14-30-28(33)34-16-24-21-9-5-3-7-19(21)20-8-4-6-10-22(20)24/h3-12,15,17,24,26-27,31-32H,13-14,16,29H2,1-2H3,(H,30,33). The van der Waals surface area contributed by atoms with E-state index in [1.165, 1.54) is 11.1 Å². The fourth-order valence-electron chi connectivity index (χ4n) is 4.55.